The third kappa shape index (κ3) is 3.97. The van der Waals surface area contributed by atoms with Gasteiger partial charge >= 0.3 is 6.18 Å². The quantitative estimate of drug-likeness (QED) is 0.703. The number of fused-ring (bicyclic) bond motifs is 1. The Labute approximate surface area is 96.0 Å². The Kier molecular flexibility index (Phi) is 3.98. The fraction of sp³-hybridized carbons (Fsp3) is 0.364. The standard InChI is InChI=1S/C9H10N.C2HF3O2/c10-9-5-4-7-2-1-3-8(7)6-9;3-2(4,5)1(6)7/h4-6,10H,1-3H2;(H,6,7)/q-1;/p-1. The zero-order valence-electron chi connectivity index (χ0n) is 8.80. The van der Waals surface area contributed by atoms with Crippen molar-refractivity contribution in [1.82, 2.24) is 0 Å². The predicted octanol–water partition coefficient (Wildman–Crippen LogP) is 2.16. The zero-order valence-corrected chi connectivity index (χ0v) is 8.80. The van der Waals surface area contributed by atoms with Crippen LogP contribution < -0.4 is 5.11 Å². The summed E-state index contributed by atoms with van der Waals surface area (Å²) in [5.41, 5.74) is 10.9. The van der Waals surface area contributed by atoms with E-state index in [1.807, 2.05) is 12.1 Å². The first-order valence-electron chi connectivity index (χ1n) is 4.92. The predicted molar refractivity (Wildman–Crippen MR) is 53.5 cm³/mol. The number of halogens is 3. The van der Waals surface area contributed by atoms with Crippen LogP contribution in [0.4, 0.5) is 18.9 Å². The van der Waals surface area contributed by atoms with Crippen molar-refractivity contribution in [2.75, 3.05) is 0 Å². The maximum absolute atomic E-state index is 10.5. The van der Waals surface area contributed by atoms with Crippen LogP contribution in [0.25, 0.3) is 5.73 Å². The lowest BCUT2D eigenvalue weighted by Gasteiger charge is -2.04. The van der Waals surface area contributed by atoms with Gasteiger partial charge < -0.3 is 15.6 Å². The van der Waals surface area contributed by atoms with E-state index in [0.717, 1.165) is 0 Å². The van der Waals surface area contributed by atoms with Crippen molar-refractivity contribution in [2.45, 2.75) is 25.4 Å². The molecule has 0 heterocycles. The summed E-state index contributed by atoms with van der Waals surface area (Å²) in [7, 11) is 0. The van der Waals surface area contributed by atoms with Gasteiger partial charge in [-0.15, -0.1) is 5.69 Å². The van der Waals surface area contributed by atoms with Gasteiger partial charge in [-0.25, -0.2) is 0 Å². The number of benzene rings is 1. The van der Waals surface area contributed by atoms with E-state index in [4.69, 9.17) is 15.6 Å². The van der Waals surface area contributed by atoms with Gasteiger partial charge in [0.05, 0.1) is 0 Å². The molecule has 1 aliphatic rings. The molecule has 0 fully saturated rings. The minimum atomic E-state index is -5.19. The molecule has 94 valence electrons. The number of carboxylic acids is 1. The van der Waals surface area contributed by atoms with Gasteiger partial charge in [0.2, 0.25) is 0 Å². The number of carboxylic acid groups (broad SMARTS) is 1. The Morgan fingerprint density at radius 3 is 2.29 bits per heavy atom. The number of hydrogen-bond donors (Lipinski definition) is 0. The van der Waals surface area contributed by atoms with Crippen molar-refractivity contribution in [3.8, 4) is 0 Å². The number of aryl methyl sites for hydroxylation is 2. The lowest BCUT2D eigenvalue weighted by atomic mass is 10.1. The third-order valence-corrected chi connectivity index (χ3v) is 2.33. The molecule has 1 aliphatic carbocycles. The van der Waals surface area contributed by atoms with Gasteiger partial charge in [0.1, 0.15) is 5.97 Å². The summed E-state index contributed by atoms with van der Waals surface area (Å²) in [5.74, 6) is -3.01. The van der Waals surface area contributed by atoms with E-state index in [-0.39, 0.29) is 0 Å². The monoisotopic (exact) mass is 245 g/mol. The topological polar surface area (TPSA) is 63.9 Å². The van der Waals surface area contributed by atoms with E-state index < -0.39 is 12.1 Å². The average Bonchev–Trinajstić information content (AvgIpc) is 2.63. The van der Waals surface area contributed by atoms with Gasteiger partial charge in [-0.05, 0) is 30.4 Å². The molecule has 17 heavy (non-hydrogen) atoms. The molecule has 1 N–H and O–H groups in total. The molecule has 1 aromatic carbocycles. The SMILES string of the molecule is O=C([O-])C(F)(F)F.[NH-]c1ccc2c(c1)CCC2. The van der Waals surface area contributed by atoms with E-state index >= 15 is 0 Å². The van der Waals surface area contributed by atoms with Crippen molar-refractivity contribution in [3.63, 3.8) is 0 Å². The van der Waals surface area contributed by atoms with Crippen molar-refractivity contribution in [1.29, 1.82) is 0 Å². The van der Waals surface area contributed by atoms with E-state index in [9.17, 15) is 13.2 Å². The van der Waals surface area contributed by atoms with Gasteiger partial charge in [-0.2, -0.15) is 13.2 Å². The van der Waals surface area contributed by atoms with Crippen LogP contribution in [0.5, 0.6) is 0 Å². The molecule has 0 aliphatic heterocycles. The van der Waals surface area contributed by atoms with E-state index in [2.05, 4.69) is 6.07 Å². The van der Waals surface area contributed by atoms with E-state index in [0.29, 0.717) is 5.69 Å². The summed E-state index contributed by atoms with van der Waals surface area (Å²) >= 11 is 0. The van der Waals surface area contributed by atoms with Crippen LogP contribution in [0.3, 0.4) is 0 Å². The van der Waals surface area contributed by atoms with Crippen LogP contribution in [0.15, 0.2) is 18.2 Å². The highest BCUT2D eigenvalue weighted by Gasteiger charge is 2.28. The minimum absolute atomic E-state index is 0.653. The lowest BCUT2D eigenvalue weighted by Crippen LogP contribution is -2.37. The molecule has 6 heteroatoms. The van der Waals surface area contributed by atoms with Gasteiger partial charge in [-0.3, -0.25) is 0 Å². The molecule has 0 spiro atoms. The van der Waals surface area contributed by atoms with Crippen molar-refractivity contribution in [3.05, 3.63) is 35.1 Å². The van der Waals surface area contributed by atoms with E-state index in [1.54, 1.807) is 0 Å². The number of carbonyl (C=O) groups is 1. The van der Waals surface area contributed by atoms with Crippen LogP contribution >= 0.6 is 0 Å². The number of nitrogens with one attached hydrogen (secondary N) is 1. The molecule has 0 saturated heterocycles. The second-order valence-electron chi connectivity index (χ2n) is 3.62. The van der Waals surface area contributed by atoms with Crippen LogP contribution in [0.1, 0.15) is 17.5 Å². The van der Waals surface area contributed by atoms with Crippen molar-refractivity contribution in [2.24, 2.45) is 0 Å². The van der Waals surface area contributed by atoms with Gasteiger partial charge in [-0.1, -0.05) is 18.2 Å². The Hall–Kier alpha value is -1.72. The smallest absolute Gasteiger partial charge is 0.430 e. The van der Waals surface area contributed by atoms with Crippen molar-refractivity contribution < 1.29 is 23.1 Å². The minimum Gasteiger partial charge on any atom is -0.699 e. The van der Waals surface area contributed by atoms with Crippen LogP contribution in [0, 0.1) is 0 Å². The summed E-state index contributed by atoms with van der Waals surface area (Å²) in [6.45, 7) is 0. The maximum atomic E-state index is 10.5. The molecule has 0 amide bonds. The fourth-order valence-corrected chi connectivity index (χ4v) is 1.57. The highest BCUT2D eigenvalue weighted by Crippen LogP contribution is 2.25. The molecule has 0 atom stereocenters. The van der Waals surface area contributed by atoms with Crippen LogP contribution in [0.2, 0.25) is 0 Å². The Morgan fingerprint density at radius 2 is 1.76 bits per heavy atom. The number of alkyl halides is 3. The first-order valence-corrected chi connectivity index (χ1v) is 4.92. The second kappa shape index (κ2) is 5.07. The van der Waals surface area contributed by atoms with Gasteiger partial charge in [0.15, 0.2) is 0 Å². The molecule has 0 saturated carbocycles. The number of rotatable bonds is 0. The normalized spacial score (nSPS) is 13.6. The summed E-state index contributed by atoms with van der Waals surface area (Å²) < 4.78 is 31.5. The largest absolute Gasteiger partial charge is 0.699 e. The average molecular weight is 245 g/mol. The summed E-state index contributed by atoms with van der Waals surface area (Å²) in [4.78, 5) is 8.78. The zero-order chi connectivity index (χ0) is 13.1. The Balaban J connectivity index is 0.000000185. The van der Waals surface area contributed by atoms with Crippen LogP contribution in [-0.2, 0) is 17.6 Å². The highest BCUT2D eigenvalue weighted by molar-refractivity contribution is 5.70. The lowest BCUT2D eigenvalue weighted by molar-refractivity contribution is -0.344. The Morgan fingerprint density at radius 1 is 1.24 bits per heavy atom. The summed E-state index contributed by atoms with van der Waals surface area (Å²) in [6.07, 6.45) is -1.52. The molecule has 0 radical (unpaired) electrons. The molecular weight excluding hydrogens is 235 g/mol. The highest BCUT2D eigenvalue weighted by atomic mass is 19.4. The summed E-state index contributed by atoms with van der Waals surface area (Å²) in [5, 5.41) is 8.78. The molecule has 3 nitrogen and oxygen atoms in total. The molecule has 0 unspecified atom stereocenters. The Bertz CT molecular complexity index is 416. The molecule has 0 aromatic heterocycles. The van der Waals surface area contributed by atoms with Gasteiger partial charge in [0, 0.05) is 0 Å². The second-order valence-corrected chi connectivity index (χ2v) is 3.62. The molecule has 2 rings (SSSR count). The summed E-state index contributed by atoms with van der Waals surface area (Å²) in [6, 6.07) is 5.96. The maximum Gasteiger partial charge on any atom is 0.430 e. The van der Waals surface area contributed by atoms with Crippen molar-refractivity contribution >= 4 is 11.7 Å². The fourth-order valence-electron chi connectivity index (χ4n) is 1.57. The third-order valence-electron chi connectivity index (χ3n) is 2.33. The molecule has 1 aromatic rings. The molecular formula is C11H10F3NO2-2. The number of aliphatic carboxylic acids is 1. The first kappa shape index (κ1) is 13.3. The van der Waals surface area contributed by atoms with Crippen LogP contribution in [-0.4, -0.2) is 12.1 Å². The number of hydrogen-bond acceptors (Lipinski definition) is 2. The number of carbonyl (C=O) groups excluding carboxylic acids is 1. The van der Waals surface area contributed by atoms with Gasteiger partial charge in [0.25, 0.3) is 0 Å². The first-order chi connectivity index (χ1) is 7.80. The molecule has 0 bridgehead atoms. The van der Waals surface area contributed by atoms with E-state index in [1.165, 1.54) is 30.4 Å².